The third kappa shape index (κ3) is 5.74. The number of methoxy groups -OCH3 is 1. The number of alkyl halides is 2. The molecular weight excluding hydrogens is 308 g/mol. The predicted octanol–water partition coefficient (Wildman–Crippen LogP) is 0.520. The van der Waals surface area contributed by atoms with Crippen LogP contribution in [0.4, 0.5) is 8.78 Å². The van der Waals surface area contributed by atoms with Crippen LogP contribution >= 0.6 is 0 Å². The van der Waals surface area contributed by atoms with Crippen LogP contribution in [0.3, 0.4) is 0 Å². The van der Waals surface area contributed by atoms with Crippen molar-refractivity contribution in [3.63, 3.8) is 0 Å². The Morgan fingerprint density at radius 1 is 1.33 bits per heavy atom. The first-order valence-electron chi connectivity index (χ1n) is 5.82. The Balaban J connectivity index is 2.69. The number of nitrogens with one attached hydrogen (secondary N) is 1. The highest BCUT2D eigenvalue weighted by Crippen LogP contribution is 2.12. The maximum absolute atomic E-state index is 12.8. The number of aliphatic hydroxyl groups is 1. The van der Waals surface area contributed by atoms with Gasteiger partial charge >= 0.3 is 5.97 Å². The van der Waals surface area contributed by atoms with Crippen molar-refractivity contribution in [2.45, 2.75) is 11.7 Å². The normalized spacial score (nSPS) is 12.2. The fourth-order valence-electron chi connectivity index (χ4n) is 1.40. The average molecular weight is 323 g/mol. The number of esters is 1. The van der Waals surface area contributed by atoms with Crippen molar-refractivity contribution in [2.75, 3.05) is 20.3 Å². The first kappa shape index (κ1) is 17.5. The lowest BCUT2D eigenvalue weighted by Crippen LogP contribution is -2.39. The van der Waals surface area contributed by atoms with E-state index in [2.05, 4.69) is 4.74 Å². The molecule has 0 heterocycles. The molecule has 0 unspecified atom stereocenters. The predicted molar refractivity (Wildman–Crippen MR) is 70.4 cm³/mol. The van der Waals surface area contributed by atoms with E-state index in [1.807, 2.05) is 0 Å². The summed E-state index contributed by atoms with van der Waals surface area (Å²) in [5.41, 5.74) is 0.570. The van der Waals surface area contributed by atoms with Crippen LogP contribution in [-0.2, 0) is 20.5 Å². The topological polar surface area (TPSA) is 92.7 Å². The minimum Gasteiger partial charge on any atom is -0.465 e. The molecule has 0 atom stereocenters. The lowest BCUT2D eigenvalue weighted by atomic mass is 10.1. The molecule has 0 aliphatic rings. The van der Waals surface area contributed by atoms with Gasteiger partial charge in [-0.1, -0.05) is 12.1 Å². The van der Waals surface area contributed by atoms with E-state index in [1.165, 1.54) is 31.4 Å². The van der Waals surface area contributed by atoms with E-state index in [-0.39, 0.29) is 5.56 Å². The van der Waals surface area contributed by atoms with E-state index < -0.39 is 40.8 Å². The zero-order chi connectivity index (χ0) is 16.1. The largest absolute Gasteiger partial charge is 0.465 e. The second-order valence-electron chi connectivity index (χ2n) is 4.28. The van der Waals surface area contributed by atoms with E-state index in [0.717, 1.165) is 0 Å². The maximum atomic E-state index is 12.8. The molecule has 2 N–H and O–H groups in total. The molecule has 1 aromatic carbocycles. The van der Waals surface area contributed by atoms with Crippen LogP contribution in [0.15, 0.2) is 24.3 Å². The molecule has 21 heavy (non-hydrogen) atoms. The molecule has 0 aliphatic carbocycles. The van der Waals surface area contributed by atoms with Gasteiger partial charge in [0.1, 0.15) is 6.61 Å². The summed E-state index contributed by atoms with van der Waals surface area (Å²) in [5, 5.41) is 8.36. The second-order valence-corrected chi connectivity index (χ2v) is 6.09. The van der Waals surface area contributed by atoms with Crippen LogP contribution in [0, 0.1) is 0 Å². The van der Waals surface area contributed by atoms with Crippen LogP contribution < -0.4 is 4.72 Å². The highest BCUT2D eigenvalue weighted by molar-refractivity contribution is 7.88. The third-order valence-corrected chi connectivity index (χ3v) is 3.81. The molecule has 0 fully saturated rings. The summed E-state index contributed by atoms with van der Waals surface area (Å²) in [5.74, 6) is -4.59. The van der Waals surface area contributed by atoms with Crippen molar-refractivity contribution in [3.05, 3.63) is 35.4 Å². The Labute approximate surface area is 120 Å². The van der Waals surface area contributed by atoms with Gasteiger partial charge in [0.15, 0.2) is 0 Å². The summed E-state index contributed by atoms with van der Waals surface area (Å²) in [7, 11) is -2.76. The summed E-state index contributed by atoms with van der Waals surface area (Å²) < 4.78 is 55.0. The Kier molecular flexibility index (Phi) is 5.76. The van der Waals surface area contributed by atoms with Crippen LogP contribution in [0.2, 0.25) is 0 Å². The molecular formula is C12H15F2NO5S. The zero-order valence-electron chi connectivity index (χ0n) is 11.2. The number of halogens is 2. The van der Waals surface area contributed by atoms with Gasteiger partial charge in [0.05, 0.1) is 25.0 Å². The second kappa shape index (κ2) is 6.92. The van der Waals surface area contributed by atoms with Crippen molar-refractivity contribution >= 4 is 16.0 Å². The monoisotopic (exact) mass is 323 g/mol. The van der Waals surface area contributed by atoms with E-state index in [9.17, 15) is 22.0 Å². The number of hydrogen-bond donors (Lipinski definition) is 2. The molecule has 1 aromatic rings. The van der Waals surface area contributed by atoms with Gasteiger partial charge in [-0.3, -0.25) is 0 Å². The molecule has 0 amide bonds. The molecule has 1 rings (SSSR count). The summed E-state index contributed by atoms with van der Waals surface area (Å²) in [6.45, 7) is -2.62. The number of sulfonamides is 1. The first-order valence-corrected chi connectivity index (χ1v) is 7.47. The van der Waals surface area contributed by atoms with Crippen molar-refractivity contribution in [1.82, 2.24) is 4.72 Å². The standard InChI is InChI=1S/C12H15F2NO5S/c1-20-11(17)10-4-2-9(3-5-10)6-21(18,19)15-7-12(13,14)8-16/h2-5,15-16H,6-8H2,1H3. The van der Waals surface area contributed by atoms with E-state index in [1.54, 1.807) is 4.72 Å². The Morgan fingerprint density at radius 3 is 2.38 bits per heavy atom. The van der Waals surface area contributed by atoms with E-state index >= 15 is 0 Å². The van der Waals surface area contributed by atoms with Crippen LogP contribution in [0.5, 0.6) is 0 Å². The summed E-state index contributed by atoms with van der Waals surface area (Å²) >= 11 is 0. The highest BCUT2D eigenvalue weighted by atomic mass is 32.2. The Bertz CT molecular complexity index is 586. The minimum atomic E-state index is -3.97. The van der Waals surface area contributed by atoms with E-state index in [4.69, 9.17) is 5.11 Å². The van der Waals surface area contributed by atoms with Crippen LogP contribution in [0.1, 0.15) is 15.9 Å². The molecule has 0 aromatic heterocycles. The van der Waals surface area contributed by atoms with Crippen molar-refractivity contribution in [2.24, 2.45) is 0 Å². The molecule has 0 aliphatic heterocycles. The maximum Gasteiger partial charge on any atom is 0.337 e. The van der Waals surface area contributed by atoms with Crippen LogP contribution in [-0.4, -0.2) is 45.7 Å². The van der Waals surface area contributed by atoms with E-state index in [0.29, 0.717) is 5.56 Å². The molecule has 9 heteroatoms. The van der Waals surface area contributed by atoms with Gasteiger partial charge in [-0.15, -0.1) is 0 Å². The molecule has 0 saturated heterocycles. The number of ether oxygens (including phenoxy) is 1. The first-order chi connectivity index (χ1) is 9.69. The summed E-state index contributed by atoms with van der Waals surface area (Å²) in [6.07, 6.45) is 0. The fraction of sp³-hybridized carbons (Fsp3) is 0.417. The number of aliphatic hydroxyl groups excluding tert-OH is 1. The van der Waals surface area contributed by atoms with Gasteiger partial charge in [-0.2, -0.15) is 0 Å². The quantitative estimate of drug-likeness (QED) is 0.714. The molecule has 0 spiro atoms. The molecule has 118 valence electrons. The molecule has 0 radical (unpaired) electrons. The lowest BCUT2D eigenvalue weighted by molar-refractivity contribution is -0.0437. The van der Waals surface area contributed by atoms with Crippen molar-refractivity contribution < 1.29 is 31.8 Å². The number of benzene rings is 1. The molecule has 6 nitrogen and oxygen atoms in total. The van der Waals surface area contributed by atoms with Gasteiger partial charge in [0.25, 0.3) is 5.92 Å². The smallest absolute Gasteiger partial charge is 0.337 e. The Morgan fingerprint density at radius 2 is 1.90 bits per heavy atom. The number of carbonyl (C=O) groups excluding carboxylic acids is 1. The highest BCUT2D eigenvalue weighted by Gasteiger charge is 2.29. The zero-order valence-corrected chi connectivity index (χ0v) is 12.0. The van der Waals surface area contributed by atoms with Gasteiger partial charge in [0.2, 0.25) is 10.0 Å². The number of hydrogen-bond acceptors (Lipinski definition) is 5. The third-order valence-electron chi connectivity index (χ3n) is 2.51. The van der Waals surface area contributed by atoms with Gasteiger partial charge < -0.3 is 9.84 Å². The molecule has 0 bridgehead atoms. The van der Waals surface area contributed by atoms with Crippen LogP contribution in [0.25, 0.3) is 0 Å². The lowest BCUT2D eigenvalue weighted by Gasteiger charge is -2.14. The van der Waals surface area contributed by atoms with Crippen molar-refractivity contribution in [1.29, 1.82) is 0 Å². The van der Waals surface area contributed by atoms with Gasteiger partial charge in [0, 0.05) is 0 Å². The number of carbonyl (C=O) groups is 1. The average Bonchev–Trinajstić information content (AvgIpc) is 2.45. The SMILES string of the molecule is COC(=O)c1ccc(CS(=O)(=O)NCC(F)(F)CO)cc1. The molecule has 0 saturated carbocycles. The number of rotatable bonds is 7. The fourth-order valence-corrected chi connectivity index (χ4v) is 2.56. The summed E-state index contributed by atoms with van der Waals surface area (Å²) in [6, 6.07) is 5.52. The minimum absolute atomic E-state index is 0.249. The summed E-state index contributed by atoms with van der Waals surface area (Å²) in [4.78, 5) is 11.2. The van der Waals surface area contributed by atoms with Crippen molar-refractivity contribution in [3.8, 4) is 0 Å². The van der Waals surface area contributed by atoms with Gasteiger partial charge in [-0.05, 0) is 17.7 Å². The Hall–Kier alpha value is -1.58. The van der Waals surface area contributed by atoms with Gasteiger partial charge in [-0.25, -0.2) is 26.7 Å².